The molecule has 6 nitrogen and oxygen atoms in total. The Morgan fingerprint density at radius 2 is 1.88 bits per heavy atom. The molecule has 3 heterocycles. The third-order valence-corrected chi connectivity index (χ3v) is 4.96. The molecule has 1 aromatic carbocycles. The summed E-state index contributed by atoms with van der Waals surface area (Å²) in [5.41, 5.74) is 5.99. The van der Waals surface area contributed by atoms with E-state index < -0.39 is 0 Å². The summed E-state index contributed by atoms with van der Waals surface area (Å²) in [5.74, 6) is 0.779. The lowest BCUT2D eigenvalue weighted by Gasteiger charge is -2.37. The summed E-state index contributed by atoms with van der Waals surface area (Å²) in [6, 6.07) is 14.3. The van der Waals surface area contributed by atoms with Crippen molar-refractivity contribution in [2.45, 2.75) is 6.42 Å². The zero-order valence-corrected chi connectivity index (χ0v) is 15.3. The predicted molar refractivity (Wildman–Crippen MR) is 107 cm³/mol. The zero-order valence-electron chi connectivity index (χ0n) is 14.5. The highest BCUT2D eigenvalue weighted by atomic mass is 32.1. The molecule has 26 heavy (non-hydrogen) atoms. The van der Waals surface area contributed by atoms with Crippen molar-refractivity contribution in [3.05, 3.63) is 54.4 Å². The molecule has 2 aliphatic rings. The second-order valence-corrected chi connectivity index (χ2v) is 6.62. The first-order chi connectivity index (χ1) is 12.8. The van der Waals surface area contributed by atoms with Crippen LogP contribution in [0.25, 0.3) is 0 Å². The molecule has 0 amide bonds. The molecule has 134 valence electrons. The van der Waals surface area contributed by atoms with Crippen LogP contribution in [0.4, 0.5) is 5.69 Å². The van der Waals surface area contributed by atoms with Gasteiger partial charge in [-0.2, -0.15) is 5.10 Å². The summed E-state index contributed by atoms with van der Waals surface area (Å²) in [7, 11) is 0. The first-order valence-electron chi connectivity index (χ1n) is 8.81. The van der Waals surface area contributed by atoms with Crippen molar-refractivity contribution in [2.24, 2.45) is 5.10 Å². The van der Waals surface area contributed by atoms with Crippen molar-refractivity contribution >= 4 is 28.7 Å². The van der Waals surface area contributed by atoms with Gasteiger partial charge in [-0.05, 0) is 36.5 Å². The molecule has 0 radical (unpaired) electrons. The van der Waals surface area contributed by atoms with E-state index in [2.05, 4.69) is 49.6 Å². The Kier molecular flexibility index (Phi) is 4.97. The number of fused-ring (bicyclic) bond motifs is 1. The molecule has 2 aliphatic heterocycles. The number of ether oxygens (including phenoxy) is 1. The maximum absolute atomic E-state index is 5.61. The van der Waals surface area contributed by atoms with Gasteiger partial charge in [0, 0.05) is 44.5 Å². The van der Waals surface area contributed by atoms with Gasteiger partial charge in [-0.15, -0.1) is 0 Å². The fraction of sp³-hybridized carbons (Fsp3) is 0.316. The number of pyridine rings is 1. The van der Waals surface area contributed by atoms with Gasteiger partial charge in [0.25, 0.3) is 0 Å². The maximum atomic E-state index is 5.61. The fourth-order valence-electron chi connectivity index (χ4n) is 3.20. The number of thiocarbonyl (C=S) groups is 1. The van der Waals surface area contributed by atoms with Gasteiger partial charge < -0.3 is 14.5 Å². The number of rotatable bonds is 2. The van der Waals surface area contributed by atoms with Gasteiger partial charge in [0.2, 0.25) is 0 Å². The summed E-state index contributed by atoms with van der Waals surface area (Å²) in [6.07, 6.45) is 2.48. The van der Waals surface area contributed by atoms with Crippen LogP contribution in [0.2, 0.25) is 0 Å². The van der Waals surface area contributed by atoms with Gasteiger partial charge >= 0.3 is 0 Å². The summed E-state index contributed by atoms with van der Waals surface area (Å²) in [6.45, 7) is 4.26. The predicted octanol–water partition coefficient (Wildman–Crippen LogP) is 2.26. The van der Waals surface area contributed by atoms with Gasteiger partial charge in [0.05, 0.1) is 12.3 Å². The van der Waals surface area contributed by atoms with Crippen molar-refractivity contribution in [1.29, 1.82) is 0 Å². The van der Waals surface area contributed by atoms with E-state index in [1.165, 1.54) is 5.69 Å². The van der Waals surface area contributed by atoms with E-state index in [1.54, 1.807) is 6.20 Å². The lowest BCUT2D eigenvalue weighted by atomic mass is 10.1. The fourth-order valence-corrected chi connectivity index (χ4v) is 3.43. The molecule has 1 saturated heterocycles. The summed E-state index contributed by atoms with van der Waals surface area (Å²) < 4.78 is 5.61. The molecule has 4 rings (SSSR count). The molecular weight excluding hydrogens is 346 g/mol. The summed E-state index contributed by atoms with van der Waals surface area (Å²) in [5, 5.41) is 5.17. The summed E-state index contributed by atoms with van der Waals surface area (Å²) >= 11 is 5.53. The molecule has 0 atom stereocenters. The van der Waals surface area contributed by atoms with E-state index in [0.717, 1.165) is 49.8 Å². The van der Waals surface area contributed by atoms with E-state index >= 15 is 0 Å². The number of hydrazone groups is 1. The summed E-state index contributed by atoms with van der Waals surface area (Å²) in [4.78, 5) is 8.92. The molecule has 7 heteroatoms. The SMILES string of the molecule is S=C(N/N=C1/CCOc2cccnc21)N1CCN(c2ccccc2)CC1. The Morgan fingerprint density at radius 1 is 1.08 bits per heavy atom. The number of anilines is 1. The largest absolute Gasteiger partial charge is 0.491 e. The Bertz CT molecular complexity index is 803. The molecule has 1 N–H and O–H groups in total. The van der Waals surface area contributed by atoms with E-state index in [9.17, 15) is 0 Å². The van der Waals surface area contributed by atoms with Crippen molar-refractivity contribution in [3.63, 3.8) is 0 Å². The molecule has 2 aromatic rings. The van der Waals surface area contributed by atoms with Gasteiger partial charge in [-0.1, -0.05) is 18.2 Å². The highest BCUT2D eigenvalue weighted by Crippen LogP contribution is 2.22. The minimum atomic E-state index is 0.613. The van der Waals surface area contributed by atoms with Crippen LogP contribution in [0.5, 0.6) is 5.75 Å². The average molecular weight is 367 g/mol. The molecule has 1 fully saturated rings. The lowest BCUT2D eigenvalue weighted by Crippen LogP contribution is -2.51. The van der Waals surface area contributed by atoms with Crippen LogP contribution in [0, 0.1) is 0 Å². The highest BCUT2D eigenvalue weighted by molar-refractivity contribution is 7.80. The third-order valence-electron chi connectivity index (χ3n) is 4.62. The Labute approximate surface area is 158 Å². The minimum Gasteiger partial charge on any atom is -0.491 e. The van der Waals surface area contributed by atoms with Crippen molar-refractivity contribution in [2.75, 3.05) is 37.7 Å². The van der Waals surface area contributed by atoms with E-state index in [0.29, 0.717) is 11.7 Å². The van der Waals surface area contributed by atoms with Crippen LogP contribution in [-0.2, 0) is 0 Å². The van der Waals surface area contributed by atoms with Crippen molar-refractivity contribution in [1.82, 2.24) is 15.3 Å². The van der Waals surface area contributed by atoms with Crippen LogP contribution in [0.3, 0.4) is 0 Å². The maximum Gasteiger partial charge on any atom is 0.189 e. The third kappa shape index (κ3) is 3.62. The topological polar surface area (TPSA) is 53.0 Å². The van der Waals surface area contributed by atoms with Crippen LogP contribution in [0.1, 0.15) is 12.1 Å². The number of nitrogens with one attached hydrogen (secondary N) is 1. The first kappa shape index (κ1) is 16.8. The van der Waals surface area contributed by atoms with Crippen LogP contribution in [0.15, 0.2) is 53.8 Å². The minimum absolute atomic E-state index is 0.613. The van der Waals surface area contributed by atoms with E-state index in [1.807, 2.05) is 18.2 Å². The number of hydrogen-bond donors (Lipinski definition) is 1. The quantitative estimate of drug-likeness (QED) is 0.649. The van der Waals surface area contributed by atoms with E-state index in [4.69, 9.17) is 17.0 Å². The molecule has 0 bridgehead atoms. The van der Waals surface area contributed by atoms with Crippen LogP contribution in [-0.4, -0.2) is 53.5 Å². The van der Waals surface area contributed by atoms with Gasteiger partial charge in [0.15, 0.2) is 5.11 Å². The Hall–Kier alpha value is -2.67. The van der Waals surface area contributed by atoms with Crippen molar-refractivity contribution in [3.8, 4) is 5.75 Å². The number of hydrogen-bond acceptors (Lipinski definition) is 5. The van der Waals surface area contributed by atoms with E-state index in [-0.39, 0.29) is 0 Å². The molecular formula is C19H21N5OS. The zero-order chi connectivity index (χ0) is 17.8. The highest BCUT2D eigenvalue weighted by Gasteiger charge is 2.21. The smallest absolute Gasteiger partial charge is 0.189 e. The Morgan fingerprint density at radius 3 is 2.69 bits per heavy atom. The average Bonchev–Trinajstić information content (AvgIpc) is 2.73. The molecule has 0 aliphatic carbocycles. The second kappa shape index (κ2) is 7.70. The normalized spacial score (nSPS) is 18.2. The lowest BCUT2D eigenvalue weighted by molar-refractivity contribution is 0.318. The van der Waals surface area contributed by atoms with Gasteiger partial charge in [-0.25, -0.2) is 0 Å². The first-order valence-corrected chi connectivity index (χ1v) is 9.22. The molecule has 0 spiro atoms. The molecule has 1 aromatic heterocycles. The standard InChI is InChI=1S/C19H21N5OS/c26-19(22-21-16-8-14-25-17-7-4-9-20-18(16)17)24-12-10-23(11-13-24)15-5-2-1-3-6-15/h1-7,9H,8,10-14H2,(H,22,26)/b21-16-. The second-order valence-electron chi connectivity index (χ2n) is 6.23. The number of aromatic nitrogens is 1. The monoisotopic (exact) mass is 367 g/mol. The molecule has 0 saturated carbocycles. The van der Waals surface area contributed by atoms with Crippen LogP contribution < -0.4 is 15.1 Å². The number of benzene rings is 1. The number of para-hydroxylation sites is 1. The number of nitrogens with zero attached hydrogens (tertiary/aromatic N) is 4. The molecule has 0 unspecified atom stereocenters. The van der Waals surface area contributed by atoms with Gasteiger partial charge in [0.1, 0.15) is 11.4 Å². The van der Waals surface area contributed by atoms with Gasteiger partial charge in [-0.3, -0.25) is 10.4 Å². The Balaban J connectivity index is 1.35. The van der Waals surface area contributed by atoms with Crippen LogP contribution >= 0.6 is 12.2 Å². The number of piperazine rings is 1. The van der Waals surface area contributed by atoms with Crippen molar-refractivity contribution < 1.29 is 4.74 Å².